The summed E-state index contributed by atoms with van der Waals surface area (Å²) in [5.41, 5.74) is 0.380. The average molecular weight is 279 g/mol. The number of carbonyl (C=O) groups is 1. The molecule has 2 rings (SSSR count). The van der Waals surface area contributed by atoms with Crippen molar-refractivity contribution in [1.29, 1.82) is 0 Å². The molecule has 0 saturated carbocycles. The quantitative estimate of drug-likeness (QED) is 0.818. The highest BCUT2D eigenvalue weighted by atomic mass is 16.5. The lowest BCUT2D eigenvalue weighted by molar-refractivity contribution is 0.0525. The van der Waals surface area contributed by atoms with Crippen LogP contribution < -0.4 is 4.90 Å². The second-order valence-electron chi connectivity index (χ2n) is 4.93. The van der Waals surface area contributed by atoms with Crippen molar-refractivity contribution in [2.45, 2.75) is 26.2 Å². The molecule has 6 nitrogen and oxygen atoms in total. The summed E-state index contributed by atoms with van der Waals surface area (Å²) < 4.78 is 4.90. The van der Waals surface area contributed by atoms with Crippen LogP contribution in [0.3, 0.4) is 0 Å². The first-order valence-corrected chi connectivity index (χ1v) is 7.09. The summed E-state index contributed by atoms with van der Waals surface area (Å²) in [5.74, 6) is 0.858. The number of ether oxygens (including phenoxy) is 1. The molecule has 0 bridgehead atoms. The van der Waals surface area contributed by atoms with Gasteiger partial charge in [-0.05, 0) is 32.1 Å². The number of hydrogen-bond donors (Lipinski definition) is 1. The van der Waals surface area contributed by atoms with E-state index in [0.29, 0.717) is 24.0 Å². The maximum Gasteiger partial charge on any atom is 0.341 e. The Morgan fingerprint density at radius 2 is 2.05 bits per heavy atom. The Kier molecular flexibility index (Phi) is 5.29. The Morgan fingerprint density at radius 1 is 1.40 bits per heavy atom. The number of rotatable bonds is 5. The van der Waals surface area contributed by atoms with Crippen LogP contribution in [-0.4, -0.2) is 47.3 Å². The van der Waals surface area contributed by atoms with Crippen molar-refractivity contribution in [3.8, 4) is 0 Å². The molecule has 0 aliphatic carbocycles. The molecule has 110 valence electrons. The van der Waals surface area contributed by atoms with Crippen LogP contribution in [-0.2, 0) is 4.74 Å². The van der Waals surface area contributed by atoms with Crippen LogP contribution in [0.4, 0.5) is 5.95 Å². The summed E-state index contributed by atoms with van der Waals surface area (Å²) in [4.78, 5) is 22.1. The van der Waals surface area contributed by atoms with Gasteiger partial charge in [0.25, 0.3) is 0 Å². The molecule has 2 heterocycles. The van der Waals surface area contributed by atoms with Crippen molar-refractivity contribution >= 4 is 11.9 Å². The Hall–Kier alpha value is -1.69. The minimum absolute atomic E-state index is 0.259. The summed E-state index contributed by atoms with van der Waals surface area (Å²) in [5, 5.41) is 8.95. The molecule has 0 aromatic carbocycles. The van der Waals surface area contributed by atoms with E-state index < -0.39 is 0 Å². The van der Waals surface area contributed by atoms with Crippen molar-refractivity contribution in [2.24, 2.45) is 5.92 Å². The van der Waals surface area contributed by atoms with Gasteiger partial charge >= 0.3 is 5.97 Å². The predicted octanol–water partition coefficient (Wildman–Crippen LogP) is 1.25. The van der Waals surface area contributed by atoms with Gasteiger partial charge in [-0.3, -0.25) is 0 Å². The molecule has 20 heavy (non-hydrogen) atoms. The molecule has 1 fully saturated rings. The second-order valence-corrected chi connectivity index (χ2v) is 4.93. The van der Waals surface area contributed by atoms with Gasteiger partial charge in [-0.25, -0.2) is 14.8 Å². The van der Waals surface area contributed by atoms with E-state index in [2.05, 4.69) is 14.9 Å². The summed E-state index contributed by atoms with van der Waals surface area (Å²) in [6.45, 7) is 4.16. The Morgan fingerprint density at radius 3 is 2.60 bits per heavy atom. The summed E-state index contributed by atoms with van der Waals surface area (Å²) in [6, 6.07) is 0. The lowest BCUT2D eigenvalue weighted by atomic mass is 9.94. The van der Waals surface area contributed by atoms with Gasteiger partial charge in [0.15, 0.2) is 0 Å². The predicted molar refractivity (Wildman–Crippen MR) is 74.6 cm³/mol. The van der Waals surface area contributed by atoms with Gasteiger partial charge in [0, 0.05) is 32.1 Å². The minimum Gasteiger partial charge on any atom is -0.462 e. The van der Waals surface area contributed by atoms with Gasteiger partial charge in [0.05, 0.1) is 12.2 Å². The fourth-order valence-electron chi connectivity index (χ4n) is 2.41. The van der Waals surface area contributed by atoms with E-state index >= 15 is 0 Å². The summed E-state index contributed by atoms with van der Waals surface area (Å²) in [6.07, 6.45) is 5.99. The number of carbonyl (C=O) groups excluding carboxylic acids is 1. The van der Waals surface area contributed by atoms with E-state index in [1.807, 2.05) is 0 Å². The maximum atomic E-state index is 11.5. The first-order valence-electron chi connectivity index (χ1n) is 7.09. The van der Waals surface area contributed by atoms with Crippen LogP contribution in [0.1, 0.15) is 36.5 Å². The van der Waals surface area contributed by atoms with Gasteiger partial charge in [-0.1, -0.05) is 0 Å². The van der Waals surface area contributed by atoms with E-state index in [0.717, 1.165) is 32.4 Å². The van der Waals surface area contributed by atoms with Gasteiger partial charge in [0.2, 0.25) is 5.95 Å². The highest BCUT2D eigenvalue weighted by molar-refractivity contribution is 5.88. The number of aliphatic hydroxyl groups excluding tert-OH is 1. The summed E-state index contributed by atoms with van der Waals surface area (Å²) >= 11 is 0. The molecule has 0 unspecified atom stereocenters. The number of aromatic nitrogens is 2. The molecule has 1 saturated heterocycles. The highest BCUT2D eigenvalue weighted by Crippen LogP contribution is 2.22. The van der Waals surface area contributed by atoms with Gasteiger partial charge in [0.1, 0.15) is 0 Å². The molecule has 1 N–H and O–H groups in total. The average Bonchev–Trinajstić information content (AvgIpc) is 2.49. The van der Waals surface area contributed by atoms with E-state index in [1.54, 1.807) is 6.92 Å². The van der Waals surface area contributed by atoms with Crippen LogP contribution in [0.5, 0.6) is 0 Å². The topological polar surface area (TPSA) is 75.5 Å². The number of aliphatic hydroxyl groups is 1. The number of nitrogens with zero attached hydrogens (tertiary/aromatic N) is 3. The number of esters is 1. The lowest BCUT2D eigenvalue weighted by Gasteiger charge is -2.31. The molecule has 1 aliphatic heterocycles. The zero-order chi connectivity index (χ0) is 14.4. The van der Waals surface area contributed by atoms with Gasteiger partial charge < -0.3 is 14.7 Å². The van der Waals surface area contributed by atoms with E-state index in [1.165, 1.54) is 12.4 Å². The Labute approximate surface area is 118 Å². The second kappa shape index (κ2) is 7.19. The third-order valence-corrected chi connectivity index (χ3v) is 3.58. The first-order chi connectivity index (χ1) is 9.74. The fourth-order valence-corrected chi connectivity index (χ4v) is 2.41. The summed E-state index contributed by atoms with van der Waals surface area (Å²) in [7, 11) is 0. The molecule has 0 atom stereocenters. The number of piperidine rings is 1. The first kappa shape index (κ1) is 14.7. The smallest absolute Gasteiger partial charge is 0.341 e. The van der Waals surface area contributed by atoms with Crippen LogP contribution in [0.2, 0.25) is 0 Å². The standard InChI is InChI=1S/C14H21N3O3/c1-2-20-13(19)12-9-15-14(16-10-12)17-6-3-11(4-7-17)5-8-18/h9-11,18H,2-8H2,1H3. The van der Waals surface area contributed by atoms with Crippen LogP contribution in [0.15, 0.2) is 12.4 Å². The molecule has 1 aromatic heterocycles. The van der Waals surface area contributed by atoms with Crippen molar-refractivity contribution in [3.05, 3.63) is 18.0 Å². The van der Waals surface area contributed by atoms with Crippen LogP contribution in [0.25, 0.3) is 0 Å². The zero-order valence-corrected chi connectivity index (χ0v) is 11.8. The largest absolute Gasteiger partial charge is 0.462 e. The third kappa shape index (κ3) is 3.66. The SMILES string of the molecule is CCOC(=O)c1cnc(N2CCC(CCO)CC2)nc1. The molecule has 0 radical (unpaired) electrons. The lowest BCUT2D eigenvalue weighted by Crippen LogP contribution is -2.35. The van der Waals surface area contributed by atoms with Gasteiger partial charge in [-0.2, -0.15) is 0 Å². The number of anilines is 1. The van der Waals surface area contributed by atoms with Crippen LogP contribution >= 0.6 is 0 Å². The van der Waals surface area contributed by atoms with Crippen molar-refractivity contribution in [1.82, 2.24) is 9.97 Å². The van der Waals surface area contributed by atoms with E-state index in [-0.39, 0.29) is 12.6 Å². The molecule has 0 amide bonds. The van der Waals surface area contributed by atoms with Crippen molar-refractivity contribution < 1.29 is 14.6 Å². The normalized spacial score (nSPS) is 16.2. The molecular weight excluding hydrogens is 258 g/mol. The minimum atomic E-state index is -0.388. The van der Waals surface area contributed by atoms with Crippen LogP contribution in [0, 0.1) is 5.92 Å². The Bertz CT molecular complexity index is 428. The number of hydrogen-bond acceptors (Lipinski definition) is 6. The molecular formula is C14H21N3O3. The Balaban J connectivity index is 1.92. The zero-order valence-electron chi connectivity index (χ0n) is 11.8. The van der Waals surface area contributed by atoms with E-state index in [9.17, 15) is 4.79 Å². The van der Waals surface area contributed by atoms with Gasteiger partial charge in [-0.15, -0.1) is 0 Å². The molecule has 1 aromatic rings. The fraction of sp³-hybridized carbons (Fsp3) is 0.643. The van der Waals surface area contributed by atoms with Crippen molar-refractivity contribution in [3.63, 3.8) is 0 Å². The molecule has 0 spiro atoms. The molecule has 1 aliphatic rings. The molecule has 6 heteroatoms. The van der Waals surface area contributed by atoms with Crippen molar-refractivity contribution in [2.75, 3.05) is 31.2 Å². The third-order valence-electron chi connectivity index (χ3n) is 3.58. The van der Waals surface area contributed by atoms with E-state index in [4.69, 9.17) is 9.84 Å². The monoisotopic (exact) mass is 279 g/mol. The highest BCUT2D eigenvalue weighted by Gasteiger charge is 2.20. The maximum absolute atomic E-state index is 11.5.